The van der Waals surface area contributed by atoms with Crippen LogP contribution in [0.1, 0.15) is 6.92 Å². The normalized spacial score (nSPS) is 9.21. The van der Waals surface area contributed by atoms with Gasteiger partial charge in [-0.3, -0.25) is 9.59 Å². The second kappa shape index (κ2) is 8.34. The molecule has 0 aliphatic carbocycles. The summed E-state index contributed by atoms with van der Waals surface area (Å²) in [4.78, 5) is 22.4. The van der Waals surface area contributed by atoms with Crippen LogP contribution in [0.25, 0.3) is 0 Å². The average molecular weight is 288 g/mol. The molecule has 0 fully saturated rings. The maximum absolute atomic E-state index is 11.4. The zero-order chi connectivity index (χ0) is 13.5. The summed E-state index contributed by atoms with van der Waals surface area (Å²) in [6.45, 7) is 1.65. The van der Waals surface area contributed by atoms with Crippen molar-refractivity contribution in [2.24, 2.45) is 0 Å². The average Bonchev–Trinajstić information content (AvgIpc) is 2.30. The molecule has 0 bridgehead atoms. The third-order valence-corrected chi connectivity index (χ3v) is 2.13. The number of rotatable bonds is 5. The molecular formula is C12H18ClN3O3. The number of benzene rings is 1. The van der Waals surface area contributed by atoms with Gasteiger partial charge in [0, 0.05) is 18.7 Å². The number of anilines is 2. The van der Waals surface area contributed by atoms with Crippen LogP contribution in [0.3, 0.4) is 0 Å². The van der Waals surface area contributed by atoms with Crippen LogP contribution < -0.4 is 20.7 Å². The summed E-state index contributed by atoms with van der Waals surface area (Å²) in [5.74, 6) is 0.166. The molecule has 0 aliphatic heterocycles. The Balaban J connectivity index is 0.00000324. The minimum Gasteiger partial charge on any atom is -0.494 e. The third-order valence-electron chi connectivity index (χ3n) is 2.13. The summed E-state index contributed by atoms with van der Waals surface area (Å²) in [6, 6.07) is 5.02. The summed E-state index contributed by atoms with van der Waals surface area (Å²) >= 11 is 0. The second-order valence-electron chi connectivity index (χ2n) is 3.67. The molecular weight excluding hydrogens is 270 g/mol. The van der Waals surface area contributed by atoms with E-state index in [1.54, 1.807) is 25.2 Å². The number of hydrogen-bond acceptors (Lipinski definition) is 4. The first-order valence-corrected chi connectivity index (χ1v) is 5.47. The van der Waals surface area contributed by atoms with E-state index < -0.39 is 0 Å². The highest BCUT2D eigenvalue weighted by molar-refractivity contribution is 5.94. The van der Waals surface area contributed by atoms with E-state index in [-0.39, 0.29) is 30.8 Å². The van der Waals surface area contributed by atoms with Gasteiger partial charge in [-0.05, 0) is 19.2 Å². The topological polar surface area (TPSA) is 79.5 Å². The van der Waals surface area contributed by atoms with Crippen molar-refractivity contribution in [2.75, 3.05) is 31.3 Å². The van der Waals surface area contributed by atoms with Crippen LogP contribution in [-0.4, -0.2) is 32.5 Å². The van der Waals surface area contributed by atoms with Crippen LogP contribution in [0, 0.1) is 0 Å². The molecule has 0 unspecified atom stereocenters. The molecule has 1 rings (SSSR count). The van der Waals surface area contributed by atoms with E-state index in [4.69, 9.17) is 4.74 Å². The van der Waals surface area contributed by atoms with Gasteiger partial charge in [0.1, 0.15) is 5.75 Å². The number of carbonyl (C=O) groups excluding carboxylic acids is 2. The van der Waals surface area contributed by atoms with Crippen molar-refractivity contribution in [1.29, 1.82) is 0 Å². The van der Waals surface area contributed by atoms with Crippen LogP contribution in [0.15, 0.2) is 18.2 Å². The van der Waals surface area contributed by atoms with Crippen LogP contribution in [-0.2, 0) is 9.59 Å². The molecule has 0 spiro atoms. The van der Waals surface area contributed by atoms with E-state index in [0.717, 1.165) is 0 Å². The van der Waals surface area contributed by atoms with Gasteiger partial charge in [-0.1, -0.05) is 0 Å². The van der Waals surface area contributed by atoms with Crippen molar-refractivity contribution in [3.8, 4) is 5.75 Å². The molecule has 3 N–H and O–H groups in total. The number of nitrogens with one attached hydrogen (secondary N) is 3. The van der Waals surface area contributed by atoms with E-state index in [9.17, 15) is 9.59 Å². The fourth-order valence-electron chi connectivity index (χ4n) is 1.43. The monoisotopic (exact) mass is 287 g/mol. The fourth-order valence-corrected chi connectivity index (χ4v) is 1.43. The Kier molecular flexibility index (Phi) is 7.55. The highest BCUT2D eigenvalue weighted by Gasteiger charge is 2.07. The van der Waals surface area contributed by atoms with E-state index in [0.29, 0.717) is 17.1 Å². The lowest BCUT2D eigenvalue weighted by molar-refractivity contribution is -0.115. The smallest absolute Gasteiger partial charge is 0.238 e. The SMILES string of the molecule is CNCC(=O)Nc1ccc(NC(C)=O)c(OC)c1.Cl. The molecule has 2 amide bonds. The highest BCUT2D eigenvalue weighted by Crippen LogP contribution is 2.27. The van der Waals surface area contributed by atoms with Crippen molar-refractivity contribution in [3.05, 3.63) is 18.2 Å². The quantitative estimate of drug-likeness (QED) is 0.761. The van der Waals surface area contributed by atoms with Crippen LogP contribution in [0.2, 0.25) is 0 Å². The molecule has 1 aromatic rings. The van der Waals surface area contributed by atoms with Crippen molar-refractivity contribution >= 4 is 35.6 Å². The lowest BCUT2D eigenvalue weighted by Crippen LogP contribution is -2.25. The Morgan fingerprint density at radius 1 is 1.26 bits per heavy atom. The second-order valence-corrected chi connectivity index (χ2v) is 3.67. The van der Waals surface area contributed by atoms with Gasteiger partial charge < -0.3 is 20.7 Å². The minimum absolute atomic E-state index is 0. The summed E-state index contributed by atoms with van der Waals surface area (Å²) in [7, 11) is 3.19. The van der Waals surface area contributed by atoms with Gasteiger partial charge in [0.25, 0.3) is 0 Å². The van der Waals surface area contributed by atoms with Crippen LogP contribution >= 0.6 is 12.4 Å². The lowest BCUT2D eigenvalue weighted by Gasteiger charge is -2.11. The third kappa shape index (κ3) is 5.58. The summed E-state index contributed by atoms with van der Waals surface area (Å²) in [6.07, 6.45) is 0. The predicted molar refractivity (Wildman–Crippen MR) is 77.1 cm³/mol. The summed E-state index contributed by atoms with van der Waals surface area (Å²) < 4.78 is 5.15. The zero-order valence-electron chi connectivity index (χ0n) is 11.1. The largest absolute Gasteiger partial charge is 0.494 e. The van der Waals surface area contributed by atoms with Crippen molar-refractivity contribution in [1.82, 2.24) is 5.32 Å². The van der Waals surface area contributed by atoms with Gasteiger partial charge >= 0.3 is 0 Å². The minimum atomic E-state index is -0.180. The van der Waals surface area contributed by atoms with Gasteiger partial charge in [-0.15, -0.1) is 12.4 Å². The van der Waals surface area contributed by atoms with Gasteiger partial charge in [0.05, 0.1) is 19.3 Å². The number of likely N-dealkylation sites (N-methyl/N-ethyl adjacent to an activating group) is 1. The molecule has 0 heterocycles. The Labute approximate surface area is 118 Å². The van der Waals surface area contributed by atoms with Crippen LogP contribution in [0.5, 0.6) is 5.75 Å². The van der Waals surface area contributed by atoms with E-state index in [1.165, 1.54) is 14.0 Å². The first kappa shape index (κ1) is 17.2. The maximum atomic E-state index is 11.4. The fraction of sp³-hybridized carbons (Fsp3) is 0.333. The maximum Gasteiger partial charge on any atom is 0.238 e. The number of methoxy groups -OCH3 is 1. The standard InChI is InChI=1S/C12H17N3O3.ClH/c1-8(16)14-10-5-4-9(6-11(10)18-3)15-12(17)7-13-2;/h4-6,13H,7H2,1-3H3,(H,14,16)(H,15,17);1H. The van der Waals surface area contributed by atoms with Crippen LogP contribution in [0.4, 0.5) is 11.4 Å². The highest BCUT2D eigenvalue weighted by atomic mass is 35.5. The van der Waals surface area contributed by atoms with Gasteiger partial charge in [-0.2, -0.15) is 0 Å². The predicted octanol–water partition coefficient (Wildman–Crippen LogP) is 1.23. The molecule has 0 aliphatic rings. The Bertz CT molecular complexity index is 452. The number of amides is 2. The molecule has 1 aromatic carbocycles. The van der Waals surface area contributed by atoms with Gasteiger partial charge in [-0.25, -0.2) is 0 Å². The molecule has 7 heteroatoms. The zero-order valence-corrected chi connectivity index (χ0v) is 11.9. The Hall–Kier alpha value is -1.79. The number of carbonyl (C=O) groups is 2. The van der Waals surface area contributed by atoms with Crippen molar-refractivity contribution in [2.45, 2.75) is 6.92 Å². The summed E-state index contributed by atoms with van der Waals surface area (Å²) in [5.41, 5.74) is 1.18. The number of halogens is 1. The first-order chi connectivity index (χ1) is 8.56. The molecule has 0 atom stereocenters. The van der Waals surface area contributed by atoms with Gasteiger partial charge in [0.15, 0.2) is 0 Å². The van der Waals surface area contributed by atoms with Crippen molar-refractivity contribution < 1.29 is 14.3 Å². The molecule has 0 saturated heterocycles. The van der Waals surface area contributed by atoms with E-state index >= 15 is 0 Å². The van der Waals surface area contributed by atoms with Crippen molar-refractivity contribution in [3.63, 3.8) is 0 Å². The van der Waals surface area contributed by atoms with Gasteiger partial charge in [0.2, 0.25) is 11.8 Å². The first-order valence-electron chi connectivity index (χ1n) is 5.47. The number of hydrogen-bond donors (Lipinski definition) is 3. The molecule has 6 nitrogen and oxygen atoms in total. The van der Waals surface area contributed by atoms with E-state index in [2.05, 4.69) is 16.0 Å². The number of ether oxygens (including phenoxy) is 1. The molecule has 0 radical (unpaired) electrons. The summed E-state index contributed by atoms with van der Waals surface area (Å²) in [5, 5.41) is 8.10. The van der Waals surface area contributed by atoms with E-state index in [1.807, 2.05) is 0 Å². The Morgan fingerprint density at radius 3 is 2.47 bits per heavy atom. The lowest BCUT2D eigenvalue weighted by atomic mass is 10.2. The molecule has 106 valence electrons. The molecule has 19 heavy (non-hydrogen) atoms. The molecule has 0 saturated carbocycles. The molecule has 0 aromatic heterocycles. The Morgan fingerprint density at radius 2 is 1.95 bits per heavy atom.